The van der Waals surface area contributed by atoms with Crippen LogP contribution < -0.4 is 14.8 Å². The third-order valence-electron chi connectivity index (χ3n) is 5.36. The van der Waals surface area contributed by atoms with E-state index < -0.39 is 6.10 Å². The van der Waals surface area contributed by atoms with E-state index in [1.165, 1.54) is 4.90 Å². The second kappa shape index (κ2) is 13.8. The second-order valence-electron chi connectivity index (χ2n) is 7.54. The fourth-order valence-electron chi connectivity index (χ4n) is 3.69. The van der Waals surface area contributed by atoms with Gasteiger partial charge in [-0.05, 0) is 49.6 Å². The molecule has 8 heteroatoms. The zero-order valence-corrected chi connectivity index (χ0v) is 22.1. The van der Waals surface area contributed by atoms with E-state index in [9.17, 15) is 5.11 Å². The zero-order valence-electron chi connectivity index (χ0n) is 19.0. The molecule has 1 fully saturated rings. The maximum Gasteiger partial charge on any atom is 0.194 e. The molecule has 1 heterocycles. The molecule has 1 aliphatic heterocycles. The van der Waals surface area contributed by atoms with E-state index >= 15 is 0 Å². The SMILES string of the molecule is CCNC(=NCC(O)c1cc(OC)ccc1OC)N1CCC(CSc2ccccc2)C1.I. The first-order chi connectivity index (χ1) is 15.1. The molecular formula is C24H34IN3O3S. The van der Waals surface area contributed by atoms with Crippen LogP contribution in [-0.4, -0.2) is 62.1 Å². The van der Waals surface area contributed by atoms with Gasteiger partial charge in [-0.1, -0.05) is 18.2 Å². The van der Waals surface area contributed by atoms with Crippen molar-refractivity contribution >= 4 is 41.7 Å². The molecule has 0 spiro atoms. The first kappa shape index (κ1) is 26.6. The van der Waals surface area contributed by atoms with E-state index in [0.29, 0.717) is 23.0 Å². The molecule has 3 rings (SSSR count). The predicted molar refractivity (Wildman–Crippen MR) is 143 cm³/mol. The number of likely N-dealkylation sites (tertiary alicyclic amines) is 1. The Balaban J connectivity index is 0.00000363. The summed E-state index contributed by atoms with van der Waals surface area (Å²) in [4.78, 5) is 8.35. The number of aliphatic hydroxyl groups is 1. The van der Waals surface area contributed by atoms with Crippen LogP contribution >= 0.6 is 35.7 Å². The van der Waals surface area contributed by atoms with Crippen LogP contribution in [-0.2, 0) is 0 Å². The number of rotatable bonds is 9. The average Bonchev–Trinajstić information content (AvgIpc) is 3.29. The first-order valence-corrected chi connectivity index (χ1v) is 11.7. The lowest BCUT2D eigenvalue weighted by Crippen LogP contribution is -2.40. The number of hydrogen-bond donors (Lipinski definition) is 2. The molecule has 1 aliphatic rings. The maximum atomic E-state index is 10.8. The smallest absolute Gasteiger partial charge is 0.194 e. The van der Waals surface area contributed by atoms with Crippen LogP contribution in [0.3, 0.4) is 0 Å². The fourth-order valence-corrected chi connectivity index (χ4v) is 4.74. The van der Waals surface area contributed by atoms with Crippen molar-refractivity contribution in [2.45, 2.75) is 24.3 Å². The number of methoxy groups -OCH3 is 2. The Morgan fingerprint density at radius 3 is 2.69 bits per heavy atom. The number of hydrogen-bond acceptors (Lipinski definition) is 5. The minimum absolute atomic E-state index is 0. The van der Waals surface area contributed by atoms with Crippen molar-refractivity contribution in [3.8, 4) is 11.5 Å². The number of aliphatic imine (C=N–C) groups is 1. The van der Waals surface area contributed by atoms with Gasteiger partial charge in [-0.2, -0.15) is 0 Å². The summed E-state index contributed by atoms with van der Waals surface area (Å²) in [7, 11) is 3.21. The highest BCUT2D eigenvalue weighted by atomic mass is 127. The van der Waals surface area contributed by atoms with E-state index in [4.69, 9.17) is 14.5 Å². The molecule has 0 aromatic heterocycles. The van der Waals surface area contributed by atoms with Gasteiger partial charge < -0.3 is 24.8 Å². The Labute approximate surface area is 212 Å². The van der Waals surface area contributed by atoms with E-state index in [1.54, 1.807) is 20.3 Å². The minimum Gasteiger partial charge on any atom is -0.497 e. The molecule has 2 N–H and O–H groups in total. The topological polar surface area (TPSA) is 66.3 Å². The highest BCUT2D eigenvalue weighted by molar-refractivity contribution is 14.0. The summed E-state index contributed by atoms with van der Waals surface area (Å²) >= 11 is 1.92. The Hall–Kier alpha value is -1.65. The quantitative estimate of drug-likeness (QED) is 0.201. The normalized spacial score (nSPS) is 16.9. The molecule has 2 aromatic carbocycles. The van der Waals surface area contributed by atoms with Gasteiger partial charge in [0.25, 0.3) is 0 Å². The van der Waals surface area contributed by atoms with Crippen molar-refractivity contribution < 1.29 is 14.6 Å². The van der Waals surface area contributed by atoms with E-state index in [2.05, 4.69) is 47.5 Å². The van der Waals surface area contributed by atoms with Gasteiger partial charge in [-0.25, -0.2) is 0 Å². The molecule has 0 amide bonds. The minimum atomic E-state index is -0.772. The van der Waals surface area contributed by atoms with Crippen LogP contribution in [0, 0.1) is 5.92 Å². The highest BCUT2D eigenvalue weighted by Gasteiger charge is 2.25. The number of nitrogens with one attached hydrogen (secondary N) is 1. The van der Waals surface area contributed by atoms with Crippen LogP contribution in [0.2, 0.25) is 0 Å². The maximum absolute atomic E-state index is 10.8. The van der Waals surface area contributed by atoms with Gasteiger partial charge in [0.05, 0.1) is 20.8 Å². The molecule has 2 aromatic rings. The van der Waals surface area contributed by atoms with E-state index in [0.717, 1.165) is 37.8 Å². The molecular weight excluding hydrogens is 537 g/mol. The van der Waals surface area contributed by atoms with Gasteiger partial charge in [0.2, 0.25) is 0 Å². The van der Waals surface area contributed by atoms with Crippen molar-refractivity contribution in [3.05, 3.63) is 54.1 Å². The number of nitrogens with zero attached hydrogens (tertiary/aromatic N) is 2. The van der Waals surface area contributed by atoms with E-state index in [1.807, 2.05) is 23.9 Å². The molecule has 0 radical (unpaired) electrons. The third kappa shape index (κ3) is 7.45. The largest absolute Gasteiger partial charge is 0.497 e. The summed E-state index contributed by atoms with van der Waals surface area (Å²) in [5, 5.41) is 14.2. The molecule has 1 saturated heterocycles. The number of benzene rings is 2. The van der Waals surface area contributed by atoms with Gasteiger partial charge in [0.15, 0.2) is 5.96 Å². The Morgan fingerprint density at radius 1 is 1.22 bits per heavy atom. The number of thioether (sulfide) groups is 1. The lowest BCUT2D eigenvalue weighted by Gasteiger charge is -2.22. The Kier molecular flexibility index (Phi) is 11.5. The fraction of sp³-hybridized carbons (Fsp3) is 0.458. The number of guanidine groups is 1. The van der Waals surface area contributed by atoms with E-state index in [-0.39, 0.29) is 30.5 Å². The molecule has 176 valence electrons. The molecule has 0 aliphatic carbocycles. The second-order valence-corrected chi connectivity index (χ2v) is 8.64. The summed E-state index contributed by atoms with van der Waals surface area (Å²) in [5.41, 5.74) is 0.681. The standard InChI is InChI=1S/C24H33N3O3S.HI/c1-4-25-24(26-15-22(28)21-14-19(29-2)10-11-23(21)30-3)27-13-12-18(16-27)17-31-20-8-6-5-7-9-20;/h5-11,14,18,22,28H,4,12-13,15-17H2,1-3H3,(H,25,26);1H. The number of ether oxygens (including phenoxy) is 2. The monoisotopic (exact) mass is 571 g/mol. The summed E-state index contributed by atoms with van der Waals surface area (Å²) < 4.78 is 10.7. The van der Waals surface area contributed by atoms with Crippen LogP contribution in [0.15, 0.2) is 58.4 Å². The zero-order chi connectivity index (χ0) is 22.1. The van der Waals surface area contributed by atoms with Gasteiger partial charge in [0, 0.05) is 35.8 Å². The Bertz CT molecular complexity index is 854. The molecule has 0 bridgehead atoms. The molecule has 32 heavy (non-hydrogen) atoms. The van der Waals surface area contributed by atoms with Crippen molar-refractivity contribution in [2.24, 2.45) is 10.9 Å². The lowest BCUT2D eigenvalue weighted by atomic mass is 10.1. The van der Waals surface area contributed by atoms with Crippen LogP contribution in [0.5, 0.6) is 11.5 Å². The number of aliphatic hydroxyl groups excluding tert-OH is 1. The van der Waals surface area contributed by atoms with Crippen molar-refractivity contribution in [1.29, 1.82) is 0 Å². The first-order valence-electron chi connectivity index (χ1n) is 10.8. The number of halogens is 1. The van der Waals surface area contributed by atoms with Crippen LogP contribution in [0.25, 0.3) is 0 Å². The van der Waals surface area contributed by atoms with Gasteiger partial charge >= 0.3 is 0 Å². The predicted octanol–water partition coefficient (Wildman–Crippen LogP) is 4.43. The van der Waals surface area contributed by atoms with Crippen molar-refractivity contribution in [1.82, 2.24) is 10.2 Å². The highest BCUT2D eigenvalue weighted by Crippen LogP contribution is 2.30. The summed E-state index contributed by atoms with van der Waals surface area (Å²) in [6, 6.07) is 16.0. The van der Waals surface area contributed by atoms with Gasteiger partial charge in [-0.15, -0.1) is 35.7 Å². The molecule has 0 saturated carbocycles. The Morgan fingerprint density at radius 2 is 2.00 bits per heavy atom. The summed E-state index contributed by atoms with van der Waals surface area (Å²) in [6.45, 7) is 5.06. The van der Waals surface area contributed by atoms with Crippen LogP contribution in [0.4, 0.5) is 0 Å². The lowest BCUT2D eigenvalue weighted by molar-refractivity contribution is 0.181. The van der Waals surface area contributed by atoms with Crippen molar-refractivity contribution in [2.75, 3.05) is 46.2 Å². The molecule has 2 atom stereocenters. The molecule has 2 unspecified atom stereocenters. The third-order valence-corrected chi connectivity index (χ3v) is 6.60. The van der Waals surface area contributed by atoms with Crippen LogP contribution in [0.1, 0.15) is 25.0 Å². The van der Waals surface area contributed by atoms with Crippen molar-refractivity contribution in [3.63, 3.8) is 0 Å². The summed E-state index contributed by atoms with van der Waals surface area (Å²) in [5.74, 6) is 3.90. The van der Waals surface area contributed by atoms with Gasteiger partial charge in [0.1, 0.15) is 17.6 Å². The van der Waals surface area contributed by atoms with Gasteiger partial charge in [-0.3, -0.25) is 4.99 Å². The average molecular weight is 572 g/mol. The summed E-state index contributed by atoms with van der Waals surface area (Å²) in [6.07, 6.45) is 0.377. The molecule has 6 nitrogen and oxygen atoms in total.